The van der Waals surface area contributed by atoms with Crippen LogP contribution in [-0.4, -0.2) is 19.2 Å². The molecule has 2 heteroatoms. The lowest BCUT2D eigenvalue weighted by molar-refractivity contribution is 0.0980. The van der Waals surface area contributed by atoms with Gasteiger partial charge in [0.05, 0.1) is 6.10 Å². The van der Waals surface area contributed by atoms with Crippen molar-refractivity contribution in [2.75, 3.05) is 13.2 Å². The Morgan fingerprint density at radius 2 is 2.11 bits per heavy atom. The molecule has 0 aromatic heterocycles. The van der Waals surface area contributed by atoms with E-state index in [-0.39, 0.29) is 6.10 Å². The van der Waals surface area contributed by atoms with Crippen LogP contribution in [0.25, 0.3) is 0 Å². The summed E-state index contributed by atoms with van der Waals surface area (Å²) in [6, 6.07) is 11.1. The molecule has 3 unspecified atom stereocenters. The zero-order valence-electron chi connectivity index (χ0n) is 11.6. The molecule has 0 amide bonds. The fourth-order valence-electron chi connectivity index (χ4n) is 2.72. The molecule has 3 atom stereocenters. The molecular formula is C16H25NO. The molecule has 0 radical (unpaired) electrons. The van der Waals surface area contributed by atoms with Gasteiger partial charge in [-0.2, -0.15) is 0 Å². The summed E-state index contributed by atoms with van der Waals surface area (Å²) in [7, 11) is 0. The minimum Gasteiger partial charge on any atom is -0.372 e. The number of hydrogen-bond acceptors (Lipinski definition) is 2. The highest BCUT2D eigenvalue weighted by molar-refractivity contribution is 5.20. The number of nitrogens with one attached hydrogen (secondary N) is 1. The van der Waals surface area contributed by atoms with Crippen LogP contribution >= 0.6 is 0 Å². The molecule has 18 heavy (non-hydrogen) atoms. The summed E-state index contributed by atoms with van der Waals surface area (Å²) in [5.41, 5.74) is 1.30. The molecule has 2 rings (SSSR count). The van der Waals surface area contributed by atoms with E-state index in [9.17, 15) is 0 Å². The molecular weight excluding hydrogens is 222 g/mol. The lowest BCUT2D eigenvalue weighted by atomic mass is 10.0. The molecule has 1 aromatic carbocycles. The molecule has 100 valence electrons. The largest absolute Gasteiger partial charge is 0.372 e. The smallest absolute Gasteiger partial charge is 0.0978 e. The second kappa shape index (κ2) is 6.91. The molecule has 1 fully saturated rings. The van der Waals surface area contributed by atoms with Crippen molar-refractivity contribution in [2.45, 2.75) is 45.3 Å². The summed E-state index contributed by atoms with van der Waals surface area (Å²) in [5, 5.41) is 3.69. The van der Waals surface area contributed by atoms with Gasteiger partial charge in [0, 0.05) is 12.6 Å². The summed E-state index contributed by atoms with van der Waals surface area (Å²) in [6.45, 7) is 6.55. The molecule has 2 nitrogen and oxygen atoms in total. The van der Waals surface area contributed by atoms with Gasteiger partial charge in [-0.05, 0) is 30.9 Å². The van der Waals surface area contributed by atoms with E-state index in [1.165, 1.54) is 18.4 Å². The van der Waals surface area contributed by atoms with Gasteiger partial charge in [0.25, 0.3) is 0 Å². The van der Waals surface area contributed by atoms with Crippen LogP contribution in [0.5, 0.6) is 0 Å². The van der Waals surface area contributed by atoms with Crippen LogP contribution in [0.1, 0.15) is 44.8 Å². The second-order valence-electron chi connectivity index (χ2n) is 5.40. The molecule has 0 spiro atoms. The fraction of sp³-hybridized carbons (Fsp3) is 0.625. The van der Waals surface area contributed by atoms with E-state index in [2.05, 4.69) is 49.5 Å². The van der Waals surface area contributed by atoms with E-state index < -0.39 is 0 Å². The van der Waals surface area contributed by atoms with Crippen LogP contribution in [0, 0.1) is 5.92 Å². The second-order valence-corrected chi connectivity index (χ2v) is 5.40. The molecule has 1 aromatic rings. The maximum absolute atomic E-state index is 5.88. The number of ether oxygens (including phenoxy) is 1. The molecule has 1 saturated heterocycles. The Morgan fingerprint density at radius 1 is 1.33 bits per heavy atom. The van der Waals surface area contributed by atoms with E-state index in [0.717, 1.165) is 25.5 Å². The Kier molecular flexibility index (Phi) is 5.21. The maximum Gasteiger partial charge on any atom is 0.0978 e. The maximum atomic E-state index is 5.88. The Balaban J connectivity index is 1.88. The zero-order chi connectivity index (χ0) is 12.8. The van der Waals surface area contributed by atoms with Gasteiger partial charge in [-0.15, -0.1) is 0 Å². The highest BCUT2D eigenvalue weighted by atomic mass is 16.5. The zero-order valence-corrected chi connectivity index (χ0v) is 11.6. The molecule has 1 heterocycles. The van der Waals surface area contributed by atoms with Crippen LogP contribution in [0.4, 0.5) is 0 Å². The number of hydrogen-bond donors (Lipinski definition) is 1. The fourth-order valence-corrected chi connectivity index (χ4v) is 2.72. The van der Waals surface area contributed by atoms with Crippen LogP contribution < -0.4 is 5.32 Å². The van der Waals surface area contributed by atoms with Gasteiger partial charge in [0.1, 0.15) is 0 Å². The monoisotopic (exact) mass is 247 g/mol. The first kappa shape index (κ1) is 13.6. The van der Waals surface area contributed by atoms with Gasteiger partial charge in [-0.25, -0.2) is 0 Å². The number of rotatable bonds is 6. The van der Waals surface area contributed by atoms with Crippen LogP contribution in [0.3, 0.4) is 0 Å². The Bertz CT molecular complexity index is 338. The van der Waals surface area contributed by atoms with Crippen LogP contribution in [0.2, 0.25) is 0 Å². The van der Waals surface area contributed by atoms with Gasteiger partial charge in [-0.3, -0.25) is 0 Å². The lowest BCUT2D eigenvalue weighted by Crippen LogP contribution is -2.34. The third kappa shape index (κ3) is 3.56. The molecule has 0 aliphatic carbocycles. The summed E-state index contributed by atoms with van der Waals surface area (Å²) in [6.07, 6.45) is 3.93. The van der Waals surface area contributed by atoms with E-state index in [4.69, 9.17) is 4.74 Å². The minimum atomic E-state index is 0.236. The molecule has 0 bridgehead atoms. The normalized spacial score (nSPS) is 25.2. The van der Waals surface area contributed by atoms with Gasteiger partial charge in [0.2, 0.25) is 0 Å². The van der Waals surface area contributed by atoms with E-state index in [1.54, 1.807) is 0 Å². The summed E-state index contributed by atoms with van der Waals surface area (Å²) < 4.78 is 5.88. The third-order valence-corrected chi connectivity index (χ3v) is 3.73. The third-order valence-electron chi connectivity index (χ3n) is 3.73. The van der Waals surface area contributed by atoms with Crippen molar-refractivity contribution in [2.24, 2.45) is 5.92 Å². The van der Waals surface area contributed by atoms with Crippen molar-refractivity contribution < 1.29 is 4.74 Å². The lowest BCUT2D eigenvalue weighted by Gasteiger charge is -2.22. The highest BCUT2D eigenvalue weighted by Gasteiger charge is 2.29. The molecule has 1 N–H and O–H groups in total. The average molecular weight is 247 g/mol. The van der Waals surface area contributed by atoms with Gasteiger partial charge in [0.15, 0.2) is 0 Å². The standard InChI is InChI=1S/C16H25NO/c1-3-7-13(2)12-17-15-10-11-18-16(15)14-8-5-4-6-9-14/h4-6,8-9,13,15-17H,3,7,10-12H2,1-2H3. The first-order valence-corrected chi connectivity index (χ1v) is 7.21. The first-order valence-electron chi connectivity index (χ1n) is 7.21. The van der Waals surface area contributed by atoms with E-state index >= 15 is 0 Å². The topological polar surface area (TPSA) is 21.3 Å². The molecule has 1 aliphatic rings. The van der Waals surface area contributed by atoms with Crippen LogP contribution in [-0.2, 0) is 4.74 Å². The van der Waals surface area contributed by atoms with Crippen molar-refractivity contribution in [3.05, 3.63) is 35.9 Å². The number of benzene rings is 1. The predicted molar refractivity (Wildman–Crippen MR) is 75.6 cm³/mol. The Labute approximate surface area is 111 Å². The quantitative estimate of drug-likeness (QED) is 0.830. The van der Waals surface area contributed by atoms with Gasteiger partial charge >= 0.3 is 0 Å². The highest BCUT2D eigenvalue weighted by Crippen LogP contribution is 2.29. The SMILES string of the molecule is CCCC(C)CNC1CCOC1c1ccccc1. The predicted octanol–water partition coefficient (Wildman–Crippen LogP) is 3.54. The molecule has 0 saturated carbocycles. The Morgan fingerprint density at radius 3 is 2.83 bits per heavy atom. The van der Waals surface area contributed by atoms with Crippen molar-refractivity contribution >= 4 is 0 Å². The van der Waals surface area contributed by atoms with Crippen molar-refractivity contribution in [3.8, 4) is 0 Å². The Hall–Kier alpha value is -0.860. The summed E-state index contributed by atoms with van der Waals surface area (Å²) >= 11 is 0. The van der Waals surface area contributed by atoms with Crippen molar-refractivity contribution in [1.29, 1.82) is 0 Å². The van der Waals surface area contributed by atoms with Crippen molar-refractivity contribution in [3.63, 3.8) is 0 Å². The summed E-state index contributed by atoms with van der Waals surface area (Å²) in [4.78, 5) is 0. The first-order chi connectivity index (χ1) is 8.81. The van der Waals surface area contributed by atoms with E-state index in [1.807, 2.05) is 0 Å². The summed E-state index contributed by atoms with van der Waals surface area (Å²) in [5.74, 6) is 0.757. The van der Waals surface area contributed by atoms with Crippen molar-refractivity contribution in [1.82, 2.24) is 5.32 Å². The van der Waals surface area contributed by atoms with Gasteiger partial charge in [-0.1, -0.05) is 50.6 Å². The van der Waals surface area contributed by atoms with Gasteiger partial charge < -0.3 is 10.1 Å². The average Bonchev–Trinajstić information content (AvgIpc) is 2.86. The molecule has 1 aliphatic heterocycles. The van der Waals surface area contributed by atoms with Crippen LogP contribution in [0.15, 0.2) is 30.3 Å². The van der Waals surface area contributed by atoms with E-state index in [0.29, 0.717) is 6.04 Å². The minimum absolute atomic E-state index is 0.236.